The number of thioether (sulfide) groups is 1. The topological polar surface area (TPSA) is 81.9 Å². The molecule has 9 heteroatoms. The van der Waals surface area contributed by atoms with Crippen molar-refractivity contribution in [1.82, 2.24) is 19.7 Å². The fourth-order valence-electron chi connectivity index (χ4n) is 2.62. The normalized spacial score (nSPS) is 11.8. The van der Waals surface area contributed by atoms with E-state index in [-0.39, 0.29) is 17.8 Å². The quantitative estimate of drug-likeness (QED) is 0.401. The van der Waals surface area contributed by atoms with E-state index in [0.717, 1.165) is 5.75 Å². The van der Waals surface area contributed by atoms with Gasteiger partial charge in [-0.2, -0.15) is 0 Å². The fourth-order valence-corrected chi connectivity index (χ4v) is 3.92. The summed E-state index contributed by atoms with van der Waals surface area (Å²) >= 11 is 2.70. The van der Waals surface area contributed by atoms with E-state index in [1.165, 1.54) is 34.2 Å². The zero-order chi connectivity index (χ0) is 20.8. The van der Waals surface area contributed by atoms with Crippen molar-refractivity contribution in [3.8, 4) is 5.75 Å². The second-order valence-electron chi connectivity index (χ2n) is 6.42. The Labute approximate surface area is 178 Å². The number of anilines is 1. The van der Waals surface area contributed by atoms with E-state index >= 15 is 0 Å². The number of aromatic nitrogens is 4. The van der Waals surface area contributed by atoms with Gasteiger partial charge in [-0.25, -0.2) is 4.98 Å². The standard InChI is InChI=1S/C20H23N5O2S2/c1-5-9-25-18(15(4)27-16-7-6-13(2)14(3)11-16)23-24-20(25)29-12-17(26)22-19-21-8-10-28-19/h5-8,10-11,15H,1,9,12H2,2-4H3,(H,21,22,26). The van der Waals surface area contributed by atoms with Gasteiger partial charge in [-0.15, -0.1) is 28.1 Å². The number of benzene rings is 1. The molecule has 7 nitrogen and oxygen atoms in total. The molecule has 1 unspecified atom stereocenters. The van der Waals surface area contributed by atoms with Crippen LogP contribution in [-0.2, 0) is 11.3 Å². The van der Waals surface area contributed by atoms with Crippen molar-refractivity contribution < 1.29 is 9.53 Å². The van der Waals surface area contributed by atoms with Crippen molar-refractivity contribution in [3.63, 3.8) is 0 Å². The molecule has 2 heterocycles. The van der Waals surface area contributed by atoms with Crippen LogP contribution in [0, 0.1) is 13.8 Å². The molecule has 0 aliphatic carbocycles. The van der Waals surface area contributed by atoms with E-state index in [9.17, 15) is 4.79 Å². The Hall–Kier alpha value is -2.65. The molecule has 0 bridgehead atoms. The molecule has 0 saturated heterocycles. The van der Waals surface area contributed by atoms with Gasteiger partial charge in [-0.3, -0.25) is 9.36 Å². The monoisotopic (exact) mass is 429 g/mol. The summed E-state index contributed by atoms with van der Waals surface area (Å²) in [6.45, 7) is 10.4. The lowest BCUT2D eigenvalue weighted by Crippen LogP contribution is -2.15. The molecule has 0 aliphatic rings. The van der Waals surface area contributed by atoms with Gasteiger partial charge in [0.15, 0.2) is 22.2 Å². The summed E-state index contributed by atoms with van der Waals surface area (Å²) in [5.41, 5.74) is 2.39. The summed E-state index contributed by atoms with van der Waals surface area (Å²) in [6, 6.07) is 6.00. The first kappa shape index (κ1) is 21.1. The molecule has 0 spiro atoms. The van der Waals surface area contributed by atoms with Crippen LogP contribution in [0.2, 0.25) is 0 Å². The Balaban J connectivity index is 1.69. The van der Waals surface area contributed by atoms with Crippen molar-refractivity contribution >= 4 is 34.1 Å². The number of aryl methyl sites for hydroxylation is 2. The van der Waals surface area contributed by atoms with Gasteiger partial charge >= 0.3 is 0 Å². The molecule has 29 heavy (non-hydrogen) atoms. The minimum absolute atomic E-state index is 0.140. The van der Waals surface area contributed by atoms with Gasteiger partial charge in [-0.05, 0) is 44.0 Å². The second kappa shape index (κ2) is 9.71. The molecular formula is C20H23N5O2S2. The van der Waals surface area contributed by atoms with E-state index < -0.39 is 0 Å². The summed E-state index contributed by atoms with van der Waals surface area (Å²) < 4.78 is 8.00. The van der Waals surface area contributed by atoms with Crippen LogP contribution in [0.25, 0.3) is 0 Å². The third-order valence-corrected chi connectivity index (χ3v) is 5.88. The minimum atomic E-state index is -0.303. The minimum Gasteiger partial charge on any atom is -0.483 e. The van der Waals surface area contributed by atoms with Crippen LogP contribution < -0.4 is 10.1 Å². The number of carbonyl (C=O) groups excluding carboxylic acids is 1. The SMILES string of the molecule is C=CCn1c(SCC(=O)Nc2nccs2)nnc1C(C)Oc1ccc(C)c(C)c1. The van der Waals surface area contributed by atoms with Gasteiger partial charge in [0.05, 0.1) is 5.75 Å². The summed E-state index contributed by atoms with van der Waals surface area (Å²) in [4.78, 5) is 16.2. The first-order valence-corrected chi connectivity index (χ1v) is 10.9. The Morgan fingerprint density at radius 2 is 2.21 bits per heavy atom. The van der Waals surface area contributed by atoms with Crippen LogP contribution in [-0.4, -0.2) is 31.4 Å². The maximum absolute atomic E-state index is 12.1. The predicted octanol–water partition coefficient (Wildman–Crippen LogP) is 4.41. The molecule has 1 atom stereocenters. The molecule has 1 N–H and O–H groups in total. The number of carbonyl (C=O) groups is 1. The van der Waals surface area contributed by atoms with E-state index in [0.29, 0.717) is 22.7 Å². The van der Waals surface area contributed by atoms with E-state index in [1.807, 2.05) is 35.1 Å². The van der Waals surface area contributed by atoms with Crippen LogP contribution in [0.1, 0.15) is 30.0 Å². The molecule has 3 aromatic rings. The third-order valence-electron chi connectivity index (χ3n) is 4.22. The number of thiazole rings is 1. The van der Waals surface area contributed by atoms with Crippen LogP contribution >= 0.6 is 23.1 Å². The van der Waals surface area contributed by atoms with Gasteiger partial charge in [-0.1, -0.05) is 23.9 Å². The van der Waals surface area contributed by atoms with Crippen LogP contribution in [0.15, 0.2) is 47.6 Å². The predicted molar refractivity (Wildman–Crippen MR) is 117 cm³/mol. The van der Waals surface area contributed by atoms with Crippen molar-refractivity contribution in [2.24, 2.45) is 0 Å². The largest absolute Gasteiger partial charge is 0.483 e. The van der Waals surface area contributed by atoms with Crippen LogP contribution in [0.3, 0.4) is 0 Å². The number of amides is 1. The van der Waals surface area contributed by atoms with Crippen molar-refractivity contribution in [2.75, 3.05) is 11.1 Å². The maximum Gasteiger partial charge on any atom is 0.236 e. The molecular weight excluding hydrogens is 406 g/mol. The summed E-state index contributed by atoms with van der Waals surface area (Å²) in [7, 11) is 0. The maximum atomic E-state index is 12.1. The van der Waals surface area contributed by atoms with Gasteiger partial charge in [0.2, 0.25) is 5.91 Å². The average molecular weight is 430 g/mol. The lowest BCUT2D eigenvalue weighted by Gasteiger charge is -2.16. The number of nitrogens with one attached hydrogen (secondary N) is 1. The number of rotatable bonds is 9. The fraction of sp³-hybridized carbons (Fsp3) is 0.300. The highest BCUT2D eigenvalue weighted by molar-refractivity contribution is 7.99. The third kappa shape index (κ3) is 5.45. The van der Waals surface area contributed by atoms with E-state index in [2.05, 4.69) is 40.9 Å². The lowest BCUT2D eigenvalue weighted by atomic mass is 10.1. The molecule has 0 saturated carbocycles. The zero-order valence-electron chi connectivity index (χ0n) is 16.6. The average Bonchev–Trinajstić information content (AvgIpc) is 3.33. The number of ether oxygens (including phenoxy) is 1. The molecule has 0 radical (unpaired) electrons. The Bertz CT molecular complexity index is 985. The van der Waals surface area contributed by atoms with E-state index in [4.69, 9.17) is 4.74 Å². The summed E-state index contributed by atoms with van der Waals surface area (Å²) in [5.74, 6) is 1.54. The molecule has 3 rings (SSSR count). The lowest BCUT2D eigenvalue weighted by molar-refractivity contribution is -0.113. The Kier molecular flexibility index (Phi) is 7.05. The van der Waals surface area contributed by atoms with Crippen molar-refractivity contribution in [2.45, 2.75) is 38.6 Å². The Morgan fingerprint density at radius 3 is 2.90 bits per heavy atom. The highest BCUT2D eigenvalue weighted by Gasteiger charge is 2.20. The van der Waals surface area contributed by atoms with Gasteiger partial charge in [0, 0.05) is 18.1 Å². The van der Waals surface area contributed by atoms with E-state index in [1.54, 1.807) is 12.3 Å². The van der Waals surface area contributed by atoms with Gasteiger partial charge < -0.3 is 10.1 Å². The van der Waals surface area contributed by atoms with Gasteiger partial charge in [0.25, 0.3) is 0 Å². The number of nitrogens with zero attached hydrogens (tertiary/aromatic N) is 4. The Morgan fingerprint density at radius 1 is 1.38 bits per heavy atom. The number of hydrogen-bond donors (Lipinski definition) is 1. The first-order chi connectivity index (χ1) is 14.0. The molecule has 2 aromatic heterocycles. The molecule has 152 valence electrons. The second-order valence-corrected chi connectivity index (χ2v) is 8.26. The summed E-state index contributed by atoms with van der Waals surface area (Å²) in [5, 5.41) is 14.4. The summed E-state index contributed by atoms with van der Waals surface area (Å²) in [6.07, 6.45) is 3.12. The van der Waals surface area contributed by atoms with Gasteiger partial charge in [0.1, 0.15) is 5.75 Å². The van der Waals surface area contributed by atoms with Crippen LogP contribution in [0.5, 0.6) is 5.75 Å². The number of hydrogen-bond acceptors (Lipinski definition) is 7. The zero-order valence-corrected chi connectivity index (χ0v) is 18.2. The first-order valence-electron chi connectivity index (χ1n) is 9.08. The highest BCUT2D eigenvalue weighted by Crippen LogP contribution is 2.26. The molecule has 1 amide bonds. The molecule has 1 aromatic carbocycles. The van der Waals surface area contributed by atoms with Crippen LogP contribution in [0.4, 0.5) is 5.13 Å². The molecule has 0 aliphatic heterocycles. The molecule has 0 fully saturated rings. The number of allylic oxidation sites excluding steroid dienone is 1. The van der Waals surface area contributed by atoms with Crippen molar-refractivity contribution in [3.05, 3.63) is 59.4 Å². The highest BCUT2D eigenvalue weighted by atomic mass is 32.2. The van der Waals surface area contributed by atoms with Crippen molar-refractivity contribution in [1.29, 1.82) is 0 Å². The smallest absolute Gasteiger partial charge is 0.236 e.